The molecule has 15 heavy (non-hydrogen) atoms. The van der Waals surface area contributed by atoms with Gasteiger partial charge in [0.2, 0.25) is 11.0 Å². The van der Waals surface area contributed by atoms with E-state index in [1.54, 1.807) is 0 Å². The molecular weight excluding hydrogens is 230 g/mol. The normalized spacial score (nSPS) is 10.3. The number of rotatable bonds is 6. The fraction of sp³-hybridized carbons (Fsp3) is 0.667. The van der Waals surface area contributed by atoms with Crippen molar-refractivity contribution in [1.29, 1.82) is 0 Å². The highest BCUT2D eigenvalue weighted by atomic mass is 32.2. The lowest BCUT2D eigenvalue weighted by atomic mass is 10.3. The molecule has 0 bridgehead atoms. The van der Waals surface area contributed by atoms with Gasteiger partial charge in [-0.05, 0) is 12.7 Å². The highest BCUT2D eigenvalue weighted by Gasteiger charge is 2.06. The number of thioether (sulfide) groups is 1. The smallest absolute Gasteiger partial charge is 0.236 e. The number of aromatic nitrogens is 2. The quantitative estimate of drug-likeness (QED) is 0.834. The fourth-order valence-electron chi connectivity index (χ4n) is 1.02. The maximum Gasteiger partial charge on any atom is 0.236 e. The molecule has 0 aliphatic carbocycles. The summed E-state index contributed by atoms with van der Waals surface area (Å²) in [6.07, 6.45) is 5.11. The third-order valence-corrected chi connectivity index (χ3v) is 3.18. The number of aryl methyl sites for hydroxylation is 1. The lowest BCUT2D eigenvalue weighted by Crippen LogP contribution is -2.13. The van der Waals surface area contributed by atoms with Gasteiger partial charge in [0.15, 0.2) is 0 Å². The van der Waals surface area contributed by atoms with Crippen molar-refractivity contribution < 1.29 is 4.79 Å². The summed E-state index contributed by atoms with van der Waals surface area (Å²) < 4.78 is 0. The number of anilines is 1. The highest BCUT2D eigenvalue weighted by Crippen LogP contribution is 2.17. The molecule has 0 aliphatic rings. The Hall–Kier alpha value is -0.620. The van der Waals surface area contributed by atoms with Crippen LogP contribution >= 0.6 is 23.1 Å². The summed E-state index contributed by atoms with van der Waals surface area (Å²) in [7, 11) is 0. The first kappa shape index (κ1) is 12.4. The number of unbranched alkanes of at least 4 members (excludes halogenated alkanes) is 1. The highest BCUT2D eigenvalue weighted by molar-refractivity contribution is 7.99. The van der Waals surface area contributed by atoms with Gasteiger partial charge in [-0.25, -0.2) is 0 Å². The first-order valence-electron chi connectivity index (χ1n) is 4.87. The van der Waals surface area contributed by atoms with Crippen molar-refractivity contribution in [2.45, 2.75) is 26.2 Å². The van der Waals surface area contributed by atoms with E-state index in [1.807, 2.05) is 6.26 Å². The zero-order chi connectivity index (χ0) is 11.1. The zero-order valence-corrected chi connectivity index (χ0v) is 10.6. The van der Waals surface area contributed by atoms with Crippen molar-refractivity contribution in [2.75, 3.05) is 17.3 Å². The van der Waals surface area contributed by atoms with Gasteiger partial charge in [-0.2, -0.15) is 11.8 Å². The Labute approximate surface area is 97.9 Å². The molecule has 0 aliphatic heterocycles. The number of nitrogens with zero attached hydrogens (tertiary/aromatic N) is 2. The maximum atomic E-state index is 11.2. The molecular formula is C9H15N3OS2. The van der Waals surface area contributed by atoms with Crippen LogP contribution in [0.3, 0.4) is 0 Å². The molecule has 0 radical (unpaired) electrons. The Bertz CT molecular complexity index is 314. The van der Waals surface area contributed by atoms with Gasteiger partial charge in [0.05, 0.1) is 5.75 Å². The molecule has 0 saturated heterocycles. The van der Waals surface area contributed by atoms with Gasteiger partial charge in [-0.15, -0.1) is 10.2 Å². The van der Waals surface area contributed by atoms with Gasteiger partial charge in [0, 0.05) is 6.42 Å². The lowest BCUT2D eigenvalue weighted by molar-refractivity contribution is -0.113. The van der Waals surface area contributed by atoms with Gasteiger partial charge in [-0.3, -0.25) is 10.1 Å². The molecule has 0 saturated carbocycles. The van der Waals surface area contributed by atoms with E-state index in [9.17, 15) is 4.79 Å². The van der Waals surface area contributed by atoms with E-state index in [1.165, 1.54) is 23.1 Å². The predicted molar refractivity (Wildman–Crippen MR) is 65.5 cm³/mol. The minimum Gasteiger partial charge on any atom is -0.300 e. The van der Waals surface area contributed by atoms with Crippen molar-refractivity contribution in [1.82, 2.24) is 10.2 Å². The number of nitrogens with one attached hydrogen (secondary N) is 1. The first-order valence-corrected chi connectivity index (χ1v) is 7.08. The van der Waals surface area contributed by atoms with Crippen LogP contribution in [-0.2, 0) is 11.2 Å². The average Bonchev–Trinajstić information content (AvgIpc) is 2.63. The second kappa shape index (κ2) is 6.79. The van der Waals surface area contributed by atoms with Crippen LogP contribution in [0.25, 0.3) is 0 Å². The van der Waals surface area contributed by atoms with Crippen LogP contribution in [0.4, 0.5) is 5.13 Å². The maximum absolute atomic E-state index is 11.2. The summed E-state index contributed by atoms with van der Waals surface area (Å²) in [6, 6.07) is 0. The molecule has 4 nitrogen and oxygen atoms in total. The fourth-order valence-corrected chi connectivity index (χ4v) is 2.15. The molecule has 1 rings (SSSR count). The summed E-state index contributed by atoms with van der Waals surface area (Å²) in [6.45, 7) is 2.14. The van der Waals surface area contributed by atoms with Gasteiger partial charge in [0.1, 0.15) is 5.01 Å². The molecule has 0 aromatic carbocycles. The van der Waals surface area contributed by atoms with Gasteiger partial charge >= 0.3 is 0 Å². The van der Waals surface area contributed by atoms with Gasteiger partial charge < -0.3 is 0 Å². The molecule has 0 unspecified atom stereocenters. The Morgan fingerprint density at radius 3 is 3.00 bits per heavy atom. The minimum atomic E-state index is -0.0132. The van der Waals surface area contributed by atoms with Crippen LogP contribution in [0.5, 0.6) is 0 Å². The number of hydrogen-bond donors (Lipinski definition) is 1. The standard InChI is InChI=1S/C9H15N3OS2/c1-3-4-5-8-11-12-9(15-8)10-7(13)6-14-2/h3-6H2,1-2H3,(H,10,12,13). The van der Waals surface area contributed by atoms with E-state index in [4.69, 9.17) is 0 Å². The predicted octanol–water partition coefficient (Wildman–Crippen LogP) is 2.18. The van der Waals surface area contributed by atoms with Crippen LogP contribution in [0, 0.1) is 0 Å². The van der Waals surface area contributed by atoms with Crippen molar-refractivity contribution in [3.63, 3.8) is 0 Å². The van der Waals surface area contributed by atoms with Crippen molar-refractivity contribution in [3.8, 4) is 0 Å². The van der Waals surface area contributed by atoms with Crippen LogP contribution in [0.1, 0.15) is 24.8 Å². The molecule has 6 heteroatoms. The molecule has 1 aromatic rings. The van der Waals surface area contributed by atoms with Crippen LogP contribution in [-0.4, -0.2) is 28.1 Å². The molecule has 0 atom stereocenters. The molecule has 1 aromatic heterocycles. The van der Waals surface area contributed by atoms with Crippen molar-refractivity contribution in [3.05, 3.63) is 5.01 Å². The first-order chi connectivity index (χ1) is 7.26. The van der Waals surface area contributed by atoms with Crippen molar-refractivity contribution in [2.24, 2.45) is 0 Å². The Morgan fingerprint density at radius 1 is 1.53 bits per heavy atom. The van der Waals surface area contributed by atoms with Crippen molar-refractivity contribution >= 4 is 34.1 Å². The average molecular weight is 245 g/mol. The van der Waals surface area contributed by atoms with E-state index < -0.39 is 0 Å². The van der Waals surface area contributed by atoms with Gasteiger partial charge in [-0.1, -0.05) is 24.7 Å². The zero-order valence-electron chi connectivity index (χ0n) is 8.95. The van der Waals surface area contributed by atoms with E-state index in [0.29, 0.717) is 10.9 Å². The van der Waals surface area contributed by atoms with Crippen LogP contribution < -0.4 is 5.32 Å². The third-order valence-electron chi connectivity index (χ3n) is 1.73. The molecule has 1 heterocycles. The Balaban J connectivity index is 2.42. The molecule has 84 valence electrons. The molecule has 1 amide bonds. The molecule has 1 N–H and O–H groups in total. The summed E-state index contributed by atoms with van der Waals surface area (Å²) in [4.78, 5) is 11.2. The Morgan fingerprint density at radius 2 is 2.33 bits per heavy atom. The van der Waals surface area contributed by atoms with E-state index in [0.717, 1.165) is 24.3 Å². The van der Waals surface area contributed by atoms with Crippen LogP contribution in [0.2, 0.25) is 0 Å². The van der Waals surface area contributed by atoms with Crippen LogP contribution in [0.15, 0.2) is 0 Å². The second-order valence-corrected chi connectivity index (χ2v) is 5.01. The topological polar surface area (TPSA) is 54.9 Å². The summed E-state index contributed by atoms with van der Waals surface area (Å²) in [5, 5.41) is 12.3. The second-order valence-electron chi connectivity index (χ2n) is 3.09. The van der Waals surface area contributed by atoms with Gasteiger partial charge in [0.25, 0.3) is 0 Å². The Kier molecular flexibility index (Phi) is 5.63. The number of amides is 1. The minimum absolute atomic E-state index is 0.0132. The number of hydrogen-bond acceptors (Lipinski definition) is 5. The molecule has 0 spiro atoms. The lowest BCUT2D eigenvalue weighted by Gasteiger charge is -1.96. The van der Waals surface area contributed by atoms with E-state index in [2.05, 4.69) is 22.4 Å². The SMILES string of the molecule is CCCCc1nnc(NC(=O)CSC)s1. The number of carbonyl (C=O) groups is 1. The van der Waals surface area contributed by atoms with E-state index >= 15 is 0 Å². The van der Waals surface area contributed by atoms with E-state index in [-0.39, 0.29) is 5.91 Å². The number of carbonyl (C=O) groups excluding carboxylic acids is 1. The summed E-state index contributed by atoms with van der Waals surface area (Å²) in [5.41, 5.74) is 0. The monoisotopic (exact) mass is 245 g/mol. The molecule has 0 fully saturated rings. The largest absolute Gasteiger partial charge is 0.300 e. The summed E-state index contributed by atoms with van der Waals surface area (Å²) >= 11 is 2.96. The summed E-state index contributed by atoms with van der Waals surface area (Å²) in [5.74, 6) is 0.449. The third kappa shape index (κ3) is 4.61.